The third kappa shape index (κ3) is 4.79. The molecule has 0 amide bonds. The van der Waals surface area contributed by atoms with Crippen LogP contribution in [0, 0.1) is 12.8 Å². The number of hydrogen-bond donors (Lipinski definition) is 1. The van der Waals surface area contributed by atoms with Crippen LogP contribution in [0.5, 0.6) is 0 Å². The van der Waals surface area contributed by atoms with Crippen molar-refractivity contribution >= 4 is 0 Å². The van der Waals surface area contributed by atoms with E-state index in [4.69, 9.17) is 4.52 Å². The van der Waals surface area contributed by atoms with Crippen molar-refractivity contribution in [3.63, 3.8) is 0 Å². The maximum Gasteiger partial charge on any atom is 0.133 e. The molecule has 3 heteroatoms. The Labute approximate surface area is 98.6 Å². The summed E-state index contributed by atoms with van der Waals surface area (Å²) in [6, 6.07) is 1.99. The lowest BCUT2D eigenvalue weighted by atomic mass is 9.99. The van der Waals surface area contributed by atoms with Crippen molar-refractivity contribution < 1.29 is 4.52 Å². The standard InChI is InChI=1S/C13H24N2O/c1-4-6-7-12(5-2)9-14-10-13-8-11(3)16-15-13/h8,12,14H,4-7,9-10H2,1-3H3. The highest BCUT2D eigenvalue weighted by Gasteiger charge is 2.06. The molecule has 1 heterocycles. The van der Waals surface area contributed by atoms with Crippen molar-refractivity contribution in [1.29, 1.82) is 0 Å². The Morgan fingerprint density at radius 1 is 1.44 bits per heavy atom. The van der Waals surface area contributed by atoms with Crippen LogP contribution in [0.2, 0.25) is 0 Å². The van der Waals surface area contributed by atoms with Gasteiger partial charge in [0.25, 0.3) is 0 Å². The zero-order valence-corrected chi connectivity index (χ0v) is 10.8. The molecule has 1 unspecified atom stereocenters. The second-order valence-corrected chi connectivity index (χ2v) is 4.48. The SMILES string of the molecule is CCCCC(CC)CNCc1cc(C)on1. The van der Waals surface area contributed by atoms with Crippen LogP contribution in [0.15, 0.2) is 10.6 Å². The first-order valence-corrected chi connectivity index (χ1v) is 6.39. The van der Waals surface area contributed by atoms with Gasteiger partial charge in [0.15, 0.2) is 0 Å². The van der Waals surface area contributed by atoms with Crippen LogP contribution in [0.4, 0.5) is 0 Å². The van der Waals surface area contributed by atoms with Gasteiger partial charge in [0.05, 0.1) is 5.69 Å². The zero-order valence-electron chi connectivity index (χ0n) is 10.8. The molecule has 0 spiro atoms. The molecule has 1 rings (SSSR count). The summed E-state index contributed by atoms with van der Waals surface area (Å²) in [6.45, 7) is 8.34. The fourth-order valence-electron chi connectivity index (χ4n) is 1.85. The van der Waals surface area contributed by atoms with E-state index in [1.807, 2.05) is 13.0 Å². The van der Waals surface area contributed by atoms with Gasteiger partial charge in [-0.05, 0) is 25.8 Å². The van der Waals surface area contributed by atoms with Crippen LogP contribution in [-0.2, 0) is 6.54 Å². The molecule has 0 saturated heterocycles. The van der Waals surface area contributed by atoms with E-state index in [1.54, 1.807) is 0 Å². The third-order valence-corrected chi connectivity index (χ3v) is 2.96. The smallest absolute Gasteiger partial charge is 0.133 e. The van der Waals surface area contributed by atoms with Crippen LogP contribution in [0.3, 0.4) is 0 Å². The number of rotatable bonds is 8. The number of nitrogens with zero attached hydrogens (tertiary/aromatic N) is 1. The minimum atomic E-state index is 0.799. The van der Waals surface area contributed by atoms with Crippen LogP contribution >= 0.6 is 0 Å². The minimum absolute atomic E-state index is 0.799. The Balaban J connectivity index is 2.17. The van der Waals surface area contributed by atoms with Crippen molar-refractivity contribution in [2.24, 2.45) is 5.92 Å². The predicted octanol–water partition coefficient (Wildman–Crippen LogP) is 3.29. The van der Waals surface area contributed by atoms with Crippen LogP contribution in [0.1, 0.15) is 51.0 Å². The fraction of sp³-hybridized carbons (Fsp3) is 0.769. The summed E-state index contributed by atoms with van der Waals surface area (Å²) in [7, 11) is 0. The Bertz CT molecular complexity index is 283. The van der Waals surface area contributed by atoms with Crippen LogP contribution in [-0.4, -0.2) is 11.7 Å². The summed E-state index contributed by atoms with van der Waals surface area (Å²) >= 11 is 0. The fourth-order valence-corrected chi connectivity index (χ4v) is 1.85. The normalized spacial score (nSPS) is 12.9. The van der Waals surface area contributed by atoms with Gasteiger partial charge in [0, 0.05) is 12.6 Å². The molecule has 16 heavy (non-hydrogen) atoms. The van der Waals surface area contributed by atoms with E-state index in [9.17, 15) is 0 Å². The Hall–Kier alpha value is -0.830. The molecule has 3 nitrogen and oxygen atoms in total. The topological polar surface area (TPSA) is 38.1 Å². The van der Waals surface area contributed by atoms with Gasteiger partial charge in [-0.2, -0.15) is 0 Å². The van der Waals surface area contributed by atoms with E-state index in [0.29, 0.717) is 0 Å². The first kappa shape index (κ1) is 13.2. The van der Waals surface area contributed by atoms with Gasteiger partial charge in [-0.3, -0.25) is 0 Å². The molecule has 1 atom stereocenters. The Kier molecular flexibility index (Phi) is 6.16. The van der Waals surface area contributed by atoms with E-state index < -0.39 is 0 Å². The second kappa shape index (κ2) is 7.44. The molecule has 1 aromatic heterocycles. The highest BCUT2D eigenvalue weighted by molar-refractivity contribution is 5.02. The van der Waals surface area contributed by atoms with Gasteiger partial charge in [0.1, 0.15) is 5.76 Å². The van der Waals surface area contributed by atoms with Crippen molar-refractivity contribution in [2.75, 3.05) is 6.54 Å². The summed E-state index contributed by atoms with van der Waals surface area (Å²) in [5.74, 6) is 1.68. The van der Waals surface area contributed by atoms with Crippen molar-refractivity contribution in [3.8, 4) is 0 Å². The lowest BCUT2D eigenvalue weighted by Gasteiger charge is -2.14. The van der Waals surface area contributed by atoms with E-state index in [1.165, 1.54) is 25.7 Å². The molecule has 0 aliphatic heterocycles. The van der Waals surface area contributed by atoms with Gasteiger partial charge >= 0.3 is 0 Å². The number of unbranched alkanes of at least 4 members (excludes halogenated alkanes) is 1. The molecule has 0 aromatic carbocycles. The second-order valence-electron chi connectivity index (χ2n) is 4.48. The third-order valence-electron chi connectivity index (χ3n) is 2.96. The Morgan fingerprint density at radius 2 is 2.25 bits per heavy atom. The number of hydrogen-bond acceptors (Lipinski definition) is 3. The van der Waals surface area contributed by atoms with Crippen LogP contribution in [0.25, 0.3) is 0 Å². The molecule has 0 bridgehead atoms. The van der Waals surface area contributed by atoms with Gasteiger partial charge < -0.3 is 9.84 Å². The summed E-state index contributed by atoms with van der Waals surface area (Å²) in [4.78, 5) is 0. The molecule has 0 aliphatic rings. The molecule has 0 aliphatic carbocycles. The van der Waals surface area contributed by atoms with E-state index >= 15 is 0 Å². The van der Waals surface area contributed by atoms with Gasteiger partial charge in [-0.15, -0.1) is 0 Å². The highest BCUT2D eigenvalue weighted by Crippen LogP contribution is 2.11. The average molecular weight is 224 g/mol. The van der Waals surface area contributed by atoms with Gasteiger partial charge in [-0.1, -0.05) is 38.3 Å². The van der Waals surface area contributed by atoms with Crippen LogP contribution < -0.4 is 5.32 Å². The lowest BCUT2D eigenvalue weighted by Crippen LogP contribution is -2.22. The largest absolute Gasteiger partial charge is 0.361 e. The molecule has 92 valence electrons. The highest BCUT2D eigenvalue weighted by atomic mass is 16.5. The first-order chi connectivity index (χ1) is 7.76. The van der Waals surface area contributed by atoms with Gasteiger partial charge in [0.2, 0.25) is 0 Å². The van der Waals surface area contributed by atoms with E-state index in [2.05, 4.69) is 24.3 Å². The molecule has 1 N–H and O–H groups in total. The van der Waals surface area contributed by atoms with Gasteiger partial charge in [-0.25, -0.2) is 0 Å². The van der Waals surface area contributed by atoms with E-state index in [0.717, 1.165) is 30.5 Å². The van der Waals surface area contributed by atoms with E-state index in [-0.39, 0.29) is 0 Å². The summed E-state index contributed by atoms with van der Waals surface area (Å²) in [5.41, 5.74) is 1.00. The Morgan fingerprint density at radius 3 is 2.81 bits per heavy atom. The maximum atomic E-state index is 5.02. The quantitative estimate of drug-likeness (QED) is 0.736. The monoisotopic (exact) mass is 224 g/mol. The molecule has 0 saturated carbocycles. The first-order valence-electron chi connectivity index (χ1n) is 6.39. The molecule has 1 aromatic rings. The average Bonchev–Trinajstić information content (AvgIpc) is 2.69. The summed E-state index contributed by atoms with van der Waals surface area (Å²) < 4.78 is 5.02. The van der Waals surface area contributed by atoms with Crippen molar-refractivity contribution in [3.05, 3.63) is 17.5 Å². The molecule has 0 fully saturated rings. The zero-order chi connectivity index (χ0) is 11.8. The summed E-state index contributed by atoms with van der Waals surface area (Å²) in [5, 5.41) is 7.42. The molecule has 0 radical (unpaired) electrons. The maximum absolute atomic E-state index is 5.02. The predicted molar refractivity (Wildman–Crippen MR) is 66.3 cm³/mol. The molecular formula is C13H24N2O. The number of nitrogens with one attached hydrogen (secondary N) is 1. The summed E-state index contributed by atoms with van der Waals surface area (Å²) in [6.07, 6.45) is 5.21. The van der Waals surface area contributed by atoms with Crippen molar-refractivity contribution in [2.45, 2.75) is 53.0 Å². The minimum Gasteiger partial charge on any atom is -0.361 e. The van der Waals surface area contributed by atoms with Crippen molar-refractivity contribution in [1.82, 2.24) is 10.5 Å². The molecular weight excluding hydrogens is 200 g/mol. The lowest BCUT2D eigenvalue weighted by molar-refractivity contribution is 0.381. The number of aromatic nitrogens is 1. The number of aryl methyl sites for hydroxylation is 1.